The molecule has 0 unspecified atom stereocenters. The highest BCUT2D eigenvalue weighted by atomic mass is 16.6. The molecule has 84 valence electrons. The van der Waals surface area contributed by atoms with E-state index >= 15 is 0 Å². The van der Waals surface area contributed by atoms with Crippen LogP contribution in [-0.2, 0) is 6.42 Å². The summed E-state index contributed by atoms with van der Waals surface area (Å²) >= 11 is 0. The number of nitrogens with zero attached hydrogens (tertiary/aromatic N) is 1. The predicted octanol–water partition coefficient (Wildman–Crippen LogP) is 1.11. The Morgan fingerprint density at radius 3 is 2.88 bits per heavy atom. The third-order valence-electron chi connectivity index (χ3n) is 2.40. The summed E-state index contributed by atoms with van der Waals surface area (Å²) < 4.78 is 10.9. The number of hydrogen-bond donors (Lipinski definition) is 1. The van der Waals surface area contributed by atoms with Crippen LogP contribution in [0, 0.1) is 11.3 Å². The molecule has 0 atom stereocenters. The monoisotopic (exact) mass is 218 g/mol. The summed E-state index contributed by atoms with van der Waals surface area (Å²) in [4.78, 5) is 0. The van der Waals surface area contributed by atoms with Crippen LogP contribution in [0.3, 0.4) is 0 Å². The number of benzene rings is 1. The molecule has 0 bridgehead atoms. The second-order valence-corrected chi connectivity index (χ2v) is 3.56. The van der Waals surface area contributed by atoms with Gasteiger partial charge in [0.25, 0.3) is 0 Å². The first-order valence-corrected chi connectivity index (χ1v) is 5.36. The molecule has 0 fully saturated rings. The van der Waals surface area contributed by atoms with Crippen LogP contribution in [0.15, 0.2) is 18.2 Å². The average Bonchev–Trinajstić information content (AvgIpc) is 2.34. The molecule has 1 heterocycles. The third kappa shape index (κ3) is 2.65. The second kappa shape index (κ2) is 5.38. The first-order chi connectivity index (χ1) is 7.90. The van der Waals surface area contributed by atoms with Crippen molar-refractivity contribution in [2.45, 2.75) is 6.42 Å². The lowest BCUT2D eigenvalue weighted by Crippen LogP contribution is -2.18. The predicted molar refractivity (Wildman–Crippen MR) is 59.6 cm³/mol. The highest BCUT2D eigenvalue weighted by Crippen LogP contribution is 2.30. The molecule has 16 heavy (non-hydrogen) atoms. The Kier molecular flexibility index (Phi) is 3.62. The van der Waals surface area contributed by atoms with Gasteiger partial charge in [0.15, 0.2) is 11.5 Å². The van der Waals surface area contributed by atoms with Crippen LogP contribution in [0.1, 0.15) is 5.56 Å². The molecule has 1 aliphatic heterocycles. The number of hydrogen-bond acceptors (Lipinski definition) is 4. The lowest BCUT2D eigenvalue weighted by Gasteiger charge is -2.18. The fraction of sp³-hybridized carbons (Fsp3) is 0.417. The zero-order chi connectivity index (χ0) is 11.2. The number of rotatable bonds is 4. The van der Waals surface area contributed by atoms with Crippen molar-refractivity contribution in [3.05, 3.63) is 23.8 Å². The number of fused-ring (bicyclic) bond motifs is 1. The lowest BCUT2D eigenvalue weighted by molar-refractivity contribution is 0.171. The van der Waals surface area contributed by atoms with E-state index in [1.165, 1.54) is 5.56 Å². The van der Waals surface area contributed by atoms with Gasteiger partial charge in [-0.05, 0) is 24.1 Å². The fourth-order valence-electron chi connectivity index (χ4n) is 1.62. The lowest BCUT2D eigenvalue weighted by atomic mass is 10.1. The van der Waals surface area contributed by atoms with Crippen LogP contribution in [0.5, 0.6) is 11.5 Å². The summed E-state index contributed by atoms with van der Waals surface area (Å²) in [6, 6.07) is 8.02. The van der Waals surface area contributed by atoms with Gasteiger partial charge in [0.05, 0.1) is 12.6 Å². The van der Waals surface area contributed by atoms with Gasteiger partial charge in [-0.3, -0.25) is 0 Å². The number of nitrogens with one attached hydrogen (secondary N) is 1. The van der Waals surface area contributed by atoms with Crippen molar-refractivity contribution in [3.8, 4) is 17.6 Å². The maximum Gasteiger partial charge on any atom is 0.161 e. The van der Waals surface area contributed by atoms with E-state index in [2.05, 4.69) is 5.32 Å². The van der Waals surface area contributed by atoms with Crippen LogP contribution in [0.2, 0.25) is 0 Å². The molecule has 0 spiro atoms. The Bertz CT molecular complexity index is 398. The molecular formula is C12H14N2O2. The second-order valence-electron chi connectivity index (χ2n) is 3.56. The molecule has 0 aromatic heterocycles. The largest absolute Gasteiger partial charge is 0.486 e. The SMILES string of the molecule is N#CCNCCc1ccc2c(c1)OCCO2. The van der Waals surface area contributed by atoms with Crippen molar-refractivity contribution in [1.29, 1.82) is 5.26 Å². The van der Waals surface area contributed by atoms with Crippen LogP contribution >= 0.6 is 0 Å². The molecule has 1 aromatic carbocycles. The summed E-state index contributed by atoms with van der Waals surface area (Å²) in [5.74, 6) is 1.64. The molecule has 1 N–H and O–H groups in total. The Hall–Kier alpha value is -1.73. The summed E-state index contributed by atoms with van der Waals surface area (Å²) in [5, 5.41) is 11.4. The molecular weight excluding hydrogens is 204 g/mol. The van der Waals surface area contributed by atoms with Crippen molar-refractivity contribution in [2.24, 2.45) is 0 Å². The molecule has 0 saturated heterocycles. The molecule has 1 aliphatic rings. The minimum atomic E-state index is 0.393. The standard InChI is InChI=1S/C12H14N2O2/c13-4-6-14-5-3-10-1-2-11-12(9-10)16-8-7-15-11/h1-2,9,14H,3,5-8H2. The van der Waals surface area contributed by atoms with E-state index in [-0.39, 0.29) is 0 Å². The highest BCUT2D eigenvalue weighted by Gasteiger charge is 2.11. The van der Waals surface area contributed by atoms with Gasteiger partial charge in [0, 0.05) is 6.54 Å². The number of ether oxygens (including phenoxy) is 2. The molecule has 0 radical (unpaired) electrons. The maximum atomic E-state index is 8.37. The average molecular weight is 218 g/mol. The van der Waals surface area contributed by atoms with Crippen LogP contribution < -0.4 is 14.8 Å². The molecule has 2 rings (SSSR count). The van der Waals surface area contributed by atoms with E-state index in [0.717, 1.165) is 24.5 Å². The zero-order valence-corrected chi connectivity index (χ0v) is 9.03. The van der Waals surface area contributed by atoms with E-state index in [1.54, 1.807) is 0 Å². The molecule has 0 saturated carbocycles. The smallest absolute Gasteiger partial charge is 0.161 e. The topological polar surface area (TPSA) is 54.3 Å². The normalized spacial score (nSPS) is 13.2. The van der Waals surface area contributed by atoms with E-state index in [9.17, 15) is 0 Å². The third-order valence-corrected chi connectivity index (χ3v) is 2.40. The Morgan fingerprint density at radius 1 is 1.25 bits per heavy atom. The number of nitriles is 1. The minimum Gasteiger partial charge on any atom is -0.486 e. The van der Waals surface area contributed by atoms with Gasteiger partial charge in [-0.1, -0.05) is 6.07 Å². The van der Waals surface area contributed by atoms with Gasteiger partial charge in [-0.2, -0.15) is 5.26 Å². The quantitative estimate of drug-likeness (QED) is 0.607. The molecule has 4 heteroatoms. The summed E-state index contributed by atoms with van der Waals surface area (Å²) in [6.45, 7) is 2.43. The van der Waals surface area contributed by atoms with Crippen LogP contribution in [-0.4, -0.2) is 26.3 Å². The maximum absolute atomic E-state index is 8.37. The highest BCUT2D eigenvalue weighted by molar-refractivity contribution is 5.43. The van der Waals surface area contributed by atoms with Gasteiger partial charge in [-0.25, -0.2) is 0 Å². The van der Waals surface area contributed by atoms with Crippen LogP contribution in [0.25, 0.3) is 0 Å². The molecule has 4 nitrogen and oxygen atoms in total. The molecule has 1 aromatic rings. The van der Waals surface area contributed by atoms with Crippen molar-refractivity contribution < 1.29 is 9.47 Å². The first-order valence-electron chi connectivity index (χ1n) is 5.36. The van der Waals surface area contributed by atoms with E-state index < -0.39 is 0 Å². The van der Waals surface area contributed by atoms with Crippen molar-refractivity contribution in [1.82, 2.24) is 5.32 Å². The van der Waals surface area contributed by atoms with Crippen LogP contribution in [0.4, 0.5) is 0 Å². The summed E-state index contributed by atoms with van der Waals surface area (Å²) in [6.07, 6.45) is 0.887. The Balaban J connectivity index is 1.93. The first kappa shape index (κ1) is 10.8. The van der Waals surface area contributed by atoms with Crippen molar-refractivity contribution in [3.63, 3.8) is 0 Å². The summed E-state index contributed by atoms with van der Waals surface area (Å²) in [5.41, 5.74) is 1.19. The van der Waals surface area contributed by atoms with E-state index in [4.69, 9.17) is 14.7 Å². The fourth-order valence-corrected chi connectivity index (χ4v) is 1.62. The van der Waals surface area contributed by atoms with Gasteiger partial charge in [-0.15, -0.1) is 0 Å². The van der Waals surface area contributed by atoms with Crippen molar-refractivity contribution in [2.75, 3.05) is 26.3 Å². The minimum absolute atomic E-state index is 0.393. The zero-order valence-electron chi connectivity index (χ0n) is 9.03. The Labute approximate surface area is 94.8 Å². The molecule has 0 aliphatic carbocycles. The Morgan fingerprint density at radius 2 is 2.06 bits per heavy atom. The van der Waals surface area contributed by atoms with Gasteiger partial charge < -0.3 is 14.8 Å². The van der Waals surface area contributed by atoms with Gasteiger partial charge >= 0.3 is 0 Å². The van der Waals surface area contributed by atoms with E-state index in [0.29, 0.717) is 19.8 Å². The van der Waals surface area contributed by atoms with Crippen molar-refractivity contribution >= 4 is 0 Å². The van der Waals surface area contributed by atoms with Gasteiger partial charge in [0.1, 0.15) is 13.2 Å². The van der Waals surface area contributed by atoms with E-state index in [1.807, 2.05) is 24.3 Å². The molecule has 0 amide bonds. The van der Waals surface area contributed by atoms with Gasteiger partial charge in [0.2, 0.25) is 0 Å². The summed E-state index contributed by atoms with van der Waals surface area (Å²) in [7, 11) is 0.